The SMILES string of the molecule is N#CCn1cc(/C=N\NC(=O)c2ccc(Cl)c(Cl)c2)c2ccccc21. The van der Waals surface area contributed by atoms with E-state index in [2.05, 4.69) is 16.6 Å². The van der Waals surface area contributed by atoms with Gasteiger partial charge in [-0.25, -0.2) is 5.43 Å². The molecule has 2 aromatic carbocycles. The van der Waals surface area contributed by atoms with Crippen molar-refractivity contribution in [2.75, 3.05) is 0 Å². The van der Waals surface area contributed by atoms with Gasteiger partial charge in [-0.3, -0.25) is 4.79 Å². The second-order valence-electron chi connectivity index (χ2n) is 5.22. The Hall–Kier alpha value is -2.81. The monoisotopic (exact) mass is 370 g/mol. The second-order valence-corrected chi connectivity index (χ2v) is 6.03. The molecule has 0 saturated heterocycles. The van der Waals surface area contributed by atoms with Crippen molar-refractivity contribution in [3.8, 4) is 6.07 Å². The Morgan fingerprint density at radius 3 is 2.80 bits per heavy atom. The molecule has 7 heteroatoms. The van der Waals surface area contributed by atoms with Crippen molar-refractivity contribution in [2.24, 2.45) is 5.10 Å². The summed E-state index contributed by atoms with van der Waals surface area (Å²) in [5.41, 5.74) is 4.55. The average Bonchev–Trinajstić information content (AvgIpc) is 2.96. The molecule has 1 aromatic heterocycles. The number of nitriles is 1. The number of carbonyl (C=O) groups is 1. The minimum atomic E-state index is -0.393. The van der Waals surface area contributed by atoms with Gasteiger partial charge in [-0.1, -0.05) is 41.4 Å². The Balaban J connectivity index is 1.80. The number of fused-ring (bicyclic) bond motifs is 1. The summed E-state index contributed by atoms with van der Waals surface area (Å²) in [6.07, 6.45) is 3.37. The molecule has 0 saturated carbocycles. The standard InChI is InChI=1S/C18H12Cl2N4O/c19-15-6-5-12(9-16(15)20)18(25)23-22-10-13-11-24(8-7-21)17-4-2-1-3-14(13)17/h1-6,9-11H,8H2,(H,23,25)/b22-10-. The third kappa shape index (κ3) is 3.66. The molecule has 3 aromatic rings. The van der Waals surface area contributed by atoms with Crippen molar-refractivity contribution in [1.82, 2.24) is 9.99 Å². The van der Waals surface area contributed by atoms with Gasteiger partial charge in [0.05, 0.1) is 22.3 Å². The summed E-state index contributed by atoms with van der Waals surface area (Å²) in [7, 11) is 0. The molecule has 0 spiro atoms. The minimum Gasteiger partial charge on any atom is -0.333 e. The molecule has 1 amide bonds. The number of hydrazone groups is 1. The van der Waals surface area contributed by atoms with Gasteiger partial charge >= 0.3 is 0 Å². The summed E-state index contributed by atoms with van der Waals surface area (Å²) >= 11 is 11.7. The Morgan fingerprint density at radius 2 is 2.04 bits per heavy atom. The number of aromatic nitrogens is 1. The summed E-state index contributed by atoms with van der Waals surface area (Å²) in [6.45, 7) is 0.240. The van der Waals surface area contributed by atoms with Crippen LogP contribution in [0.1, 0.15) is 15.9 Å². The number of rotatable bonds is 4. The summed E-state index contributed by atoms with van der Waals surface area (Å²) in [4.78, 5) is 12.1. The van der Waals surface area contributed by atoms with Crippen LogP contribution in [0.25, 0.3) is 10.9 Å². The number of nitrogens with one attached hydrogen (secondary N) is 1. The van der Waals surface area contributed by atoms with Gasteiger partial charge in [0.1, 0.15) is 6.54 Å². The zero-order valence-electron chi connectivity index (χ0n) is 12.9. The Labute approximate surface area is 154 Å². The number of nitrogens with zero attached hydrogens (tertiary/aromatic N) is 3. The summed E-state index contributed by atoms with van der Waals surface area (Å²) in [5, 5.41) is 14.6. The highest BCUT2D eigenvalue weighted by molar-refractivity contribution is 6.42. The van der Waals surface area contributed by atoms with Gasteiger partial charge in [0.25, 0.3) is 5.91 Å². The Morgan fingerprint density at radius 1 is 1.24 bits per heavy atom. The summed E-state index contributed by atoms with van der Waals surface area (Å²) in [5.74, 6) is -0.393. The van der Waals surface area contributed by atoms with Gasteiger partial charge in [0.2, 0.25) is 0 Å². The van der Waals surface area contributed by atoms with Crippen LogP contribution in [0.3, 0.4) is 0 Å². The van der Waals surface area contributed by atoms with Crippen molar-refractivity contribution in [3.63, 3.8) is 0 Å². The van der Waals surface area contributed by atoms with E-state index < -0.39 is 5.91 Å². The molecular formula is C18H12Cl2N4O. The molecule has 0 aliphatic rings. The van der Waals surface area contributed by atoms with Crippen LogP contribution in [-0.4, -0.2) is 16.7 Å². The number of para-hydroxylation sites is 1. The van der Waals surface area contributed by atoms with Crippen molar-refractivity contribution in [1.29, 1.82) is 5.26 Å². The predicted octanol–water partition coefficient (Wildman–Crippen LogP) is 4.24. The third-order valence-electron chi connectivity index (χ3n) is 3.61. The predicted molar refractivity (Wildman–Crippen MR) is 99.1 cm³/mol. The van der Waals surface area contributed by atoms with E-state index in [0.717, 1.165) is 16.5 Å². The maximum atomic E-state index is 12.1. The highest BCUT2D eigenvalue weighted by atomic mass is 35.5. The molecule has 1 heterocycles. The van der Waals surface area contributed by atoms with Crippen molar-refractivity contribution in [2.45, 2.75) is 6.54 Å². The van der Waals surface area contributed by atoms with E-state index in [9.17, 15) is 4.79 Å². The molecule has 0 atom stereocenters. The highest BCUT2D eigenvalue weighted by Crippen LogP contribution is 2.22. The molecule has 0 aliphatic carbocycles. The Bertz CT molecular complexity index is 1020. The topological polar surface area (TPSA) is 70.2 Å². The van der Waals surface area contributed by atoms with E-state index >= 15 is 0 Å². The fourth-order valence-electron chi connectivity index (χ4n) is 2.45. The quantitative estimate of drug-likeness (QED) is 0.551. The van der Waals surface area contributed by atoms with Crippen LogP contribution >= 0.6 is 23.2 Å². The maximum absolute atomic E-state index is 12.1. The molecule has 25 heavy (non-hydrogen) atoms. The molecule has 5 nitrogen and oxygen atoms in total. The lowest BCUT2D eigenvalue weighted by atomic mass is 10.2. The van der Waals surface area contributed by atoms with Gasteiger partial charge in [0.15, 0.2) is 0 Å². The number of hydrogen-bond donors (Lipinski definition) is 1. The number of amides is 1. The number of carbonyl (C=O) groups excluding carboxylic acids is 1. The third-order valence-corrected chi connectivity index (χ3v) is 4.35. The largest absolute Gasteiger partial charge is 0.333 e. The maximum Gasteiger partial charge on any atom is 0.271 e. The van der Waals surface area contributed by atoms with Crippen LogP contribution in [0.5, 0.6) is 0 Å². The van der Waals surface area contributed by atoms with Gasteiger partial charge in [-0.2, -0.15) is 10.4 Å². The normalized spacial score (nSPS) is 10.9. The van der Waals surface area contributed by atoms with E-state index in [1.165, 1.54) is 6.07 Å². The van der Waals surface area contributed by atoms with Crippen LogP contribution in [-0.2, 0) is 6.54 Å². The van der Waals surface area contributed by atoms with Crippen molar-refractivity contribution in [3.05, 3.63) is 69.8 Å². The molecule has 3 rings (SSSR count). The van der Waals surface area contributed by atoms with Crippen molar-refractivity contribution >= 4 is 46.2 Å². The van der Waals surface area contributed by atoms with Crippen molar-refractivity contribution < 1.29 is 4.79 Å². The Kier molecular flexibility index (Phi) is 5.03. The molecular weight excluding hydrogens is 359 g/mol. The van der Waals surface area contributed by atoms with E-state index in [1.54, 1.807) is 18.3 Å². The average molecular weight is 371 g/mol. The van der Waals surface area contributed by atoms with Crippen LogP contribution in [0, 0.1) is 11.3 Å². The lowest BCUT2D eigenvalue weighted by molar-refractivity contribution is 0.0955. The van der Waals surface area contributed by atoms with E-state index in [4.69, 9.17) is 28.5 Å². The van der Waals surface area contributed by atoms with Gasteiger partial charge in [-0.05, 0) is 24.3 Å². The molecule has 0 fully saturated rings. The van der Waals surface area contributed by atoms with E-state index in [0.29, 0.717) is 15.6 Å². The van der Waals surface area contributed by atoms with Crippen LogP contribution in [0.2, 0.25) is 10.0 Å². The van der Waals surface area contributed by atoms with E-state index in [1.807, 2.05) is 35.0 Å². The molecule has 124 valence electrons. The second kappa shape index (κ2) is 7.39. The van der Waals surface area contributed by atoms with Crippen LogP contribution in [0.4, 0.5) is 0 Å². The minimum absolute atomic E-state index is 0.240. The van der Waals surface area contributed by atoms with Gasteiger partial charge in [-0.15, -0.1) is 0 Å². The molecule has 1 N–H and O–H groups in total. The lowest BCUT2D eigenvalue weighted by Crippen LogP contribution is -2.17. The summed E-state index contributed by atoms with van der Waals surface area (Å²) < 4.78 is 1.83. The highest BCUT2D eigenvalue weighted by Gasteiger charge is 2.08. The first-order valence-electron chi connectivity index (χ1n) is 7.33. The fraction of sp³-hybridized carbons (Fsp3) is 0.0556. The fourth-order valence-corrected chi connectivity index (χ4v) is 2.75. The van der Waals surface area contributed by atoms with Crippen LogP contribution < -0.4 is 5.43 Å². The number of halogens is 2. The first kappa shape index (κ1) is 17.0. The molecule has 0 unspecified atom stereocenters. The lowest BCUT2D eigenvalue weighted by Gasteiger charge is -2.01. The first-order valence-corrected chi connectivity index (χ1v) is 8.09. The van der Waals surface area contributed by atoms with E-state index in [-0.39, 0.29) is 6.54 Å². The molecule has 0 aliphatic heterocycles. The summed E-state index contributed by atoms with van der Waals surface area (Å²) in [6, 6.07) is 14.4. The zero-order valence-corrected chi connectivity index (χ0v) is 14.4. The zero-order chi connectivity index (χ0) is 17.8. The van der Waals surface area contributed by atoms with Gasteiger partial charge < -0.3 is 4.57 Å². The first-order chi connectivity index (χ1) is 12.1. The number of benzene rings is 2. The number of hydrogen-bond acceptors (Lipinski definition) is 3. The van der Waals surface area contributed by atoms with Gasteiger partial charge in [0, 0.05) is 28.2 Å². The van der Waals surface area contributed by atoms with Crippen LogP contribution in [0.15, 0.2) is 53.8 Å². The molecule has 0 bridgehead atoms. The smallest absolute Gasteiger partial charge is 0.271 e. The molecule has 0 radical (unpaired) electrons.